The van der Waals surface area contributed by atoms with Crippen LogP contribution in [0.1, 0.15) is 46.0 Å². The number of piperidine rings is 1. The number of hydrogen-bond acceptors (Lipinski definition) is 2. The summed E-state index contributed by atoms with van der Waals surface area (Å²) in [5.74, 6) is 1.17. The largest absolute Gasteiger partial charge is 0.481 e. The Bertz CT molecular complexity index is 273. The summed E-state index contributed by atoms with van der Waals surface area (Å²) < 4.78 is 0. The standard InChI is InChI=1S/C14H25NO2/c1-10-6-13(7-10)15-5-3-4-12(9-15)11(2)8-14(16)17/h10-13H,3-9H2,1-2H3,(H,16,17). The minimum Gasteiger partial charge on any atom is -0.481 e. The third kappa shape index (κ3) is 3.21. The first-order valence-corrected chi connectivity index (χ1v) is 7.02. The van der Waals surface area contributed by atoms with Crippen molar-refractivity contribution < 1.29 is 9.90 Å². The first-order chi connectivity index (χ1) is 8.06. The van der Waals surface area contributed by atoms with E-state index in [-0.39, 0.29) is 0 Å². The van der Waals surface area contributed by atoms with E-state index in [1.807, 2.05) is 0 Å². The van der Waals surface area contributed by atoms with Gasteiger partial charge >= 0.3 is 5.97 Å². The maximum Gasteiger partial charge on any atom is 0.303 e. The molecule has 17 heavy (non-hydrogen) atoms. The highest BCUT2D eigenvalue weighted by Gasteiger charge is 2.34. The van der Waals surface area contributed by atoms with E-state index in [1.54, 1.807) is 0 Å². The molecule has 2 unspecified atom stereocenters. The number of carbonyl (C=O) groups is 1. The fraction of sp³-hybridized carbons (Fsp3) is 0.929. The molecule has 2 aliphatic rings. The summed E-state index contributed by atoms with van der Waals surface area (Å²) in [5.41, 5.74) is 0. The molecule has 1 saturated heterocycles. The monoisotopic (exact) mass is 239 g/mol. The molecule has 0 bridgehead atoms. The van der Waals surface area contributed by atoms with Crippen molar-refractivity contribution in [3.8, 4) is 0 Å². The summed E-state index contributed by atoms with van der Waals surface area (Å²) in [6.07, 6.45) is 5.49. The lowest BCUT2D eigenvalue weighted by Gasteiger charge is -2.46. The number of carboxylic acid groups (broad SMARTS) is 1. The number of aliphatic carboxylic acids is 1. The zero-order chi connectivity index (χ0) is 12.4. The molecule has 0 radical (unpaired) electrons. The minimum atomic E-state index is -0.646. The van der Waals surface area contributed by atoms with Crippen LogP contribution in [0.15, 0.2) is 0 Å². The Balaban J connectivity index is 1.82. The van der Waals surface area contributed by atoms with Gasteiger partial charge in [-0.3, -0.25) is 4.79 Å². The molecular formula is C14H25NO2. The van der Waals surface area contributed by atoms with E-state index in [4.69, 9.17) is 5.11 Å². The predicted octanol–water partition coefficient (Wildman–Crippen LogP) is 2.61. The van der Waals surface area contributed by atoms with Crippen LogP contribution in [0.2, 0.25) is 0 Å². The van der Waals surface area contributed by atoms with Gasteiger partial charge in [0.05, 0.1) is 0 Å². The van der Waals surface area contributed by atoms with Crippen molar-refractivity contribution in [1.82, 2.24) is 4.90 Å². The van der Waals surface area contributed by atoms with Gasteiger partial charge in [0.15, 0.2) is 0 Å². The van der Waals surface area contributed by atoms with Gasteiger partial charge in [0.25, 0.3) is 0 Å². The molecule has 1 aliphatic heterocycles. The topological polar surface area (TPSA) is 40.5 Å². The molecule has 2 fully saturated rings. The number of carboxylic acids is 1. The van der Waals surface area contributed by atoms with Gasteiger partial charge in [0, 0.05) is 19.0 Å². The highest BCUT2D eigenvalue weighted by molar-refractivity contribution is 5.67. The van der Waals surface area contributed by atoms with E-state index >= 15 is 0 Å². The van der Waals surface area contributed by atoms with Gasteiger partial charge in [-0.25, -0.2) is 0 Å². The Hall–Kier alpha value is -0.570. The van der Waals surface area contributed by atoms with Gasteiger partial charge in [-0.05, 0) is 50.0 Å². The number of hydrogen-bond donors (Lipinski definition) is 1. The molecule has 3 heteroatoms. The molecule has 0 spiro atoms. The van der Waals surface area contributed by atoms with Crippen LogP contribution in [0.4, 0.5) is 0 Å². The van der Waals surface area contributed by atoms with Crippen molar-refractivity contribution in [1.29, 1.82) is 0 Å². The molecule has 2 rings (SSSR count). The van der Waals surface area contributed by atoms with E-state index in [0.717, 1.165) is 18.5 Å². The average Bonchev–Trinajstić information content (AvgIpc) is 2.24. The van der Waals surface area contributed by atoms with E-state index < -0.39 is 5.97 Å². The minimum absolute atomic E-state index is 0.327. The molecule has 1 aliphatic carbocycles. The lowest BCUT2D eigenvalue weighted by Crippen LogP contribution is -2.49. The fourth-order valence-electron chi connectivity index (χ4n) is 3.44. The molecule has 3 nitrogen and oxygen atoms in total. The maximum absolute atomic E-state index is 10.8. The molecule has 1 heterocycles. The van der Waals surface area contributed by atoms with Gasteiger partial charge in [-0.1, -0.05) is 13.8 Å². The normalized spacial score (nSPS) is 36.2. The lowest BCUT2D eigenvalue weighted by molar-refractivity contribution is -0.138. The summed E-state index contributed by atoms with van der Waals surface area (Å²) in [4.78, 5) is 13.4. The van der Waals surface area contributed by atoms with Crippen molar-refractivity contribution in [3.05, 3.63) is 0 Å². The molecule has 0 amide bonds. The molecule has 0 aromatic carbocycles. The van der Waals surface area contributed by atoms with E-state index in [2.05, 4.69) is 18.7 Å². The SMILES string of the molecule is CC1CC(N2CCCC(C(C)CC(=O)O)C2)C1. The molecule has 2 atom stereocenters. The van der Waals surface area contributed by atoms with Gasteiger partial charge in [0.2, 0.25) is 0 Å². The quantitative estimate of drug-likeness (QED) is 0.820. The van der Waals surface area contributed by atoms with Crippen LogP contribution in [0.3, 0.4) is 0 Å². The number of nitrogens with zero attached hydrogens (tertiary/aromatic N) is 1. The van der Waals surface area contributed by atoms with Crippen LogP contribution >= 0.6 is 0 Å². The summed E-state index contributed by atoms with van der Waals surface area (Å²) in [6, 6.07) is 0.796. The Morgan fingerprint density at radius 3 is 2.76 bits per heavy atom. The van der Waals surface area contributed by atoms with Crippen molar-refractivity contribution in [2.24, 2.45) is 17.8 Å². The zero-order valence-corrected chi connectivity index (χ0v) is 11.1. The van der Waals surface area contributed by atoms with Gasteiger partial charge in [-0.15, -0.1) is 0 Å². The zero-order valence-electron chi connectivity index (χ0n) is 11.1. The van der Waals surface area contributed by atoms with Crippen LogP contribution < -0.4 is 0 Å². The molecule has 0 aromatic rings. The Morgan fingerprint density at radius 1 is 1.47 bits per heavy atom. The smallest absolute Gasteiger partial charge is 0.303 e. The lowest BCUT2D eigenvalue weighted by atomic mass is 9.78. The first-order valence-electron chi connectivity index (χ1n) is 7.02. The van der Waals surface area contributed by atoms with Gasteiger partial charge in [0.1, 0.15) is 0 Å². The second-order valence-electron chi connectivity index (χ2n) is 6.20. The third-order valence-electron chi connectivity index (χ3n) is 4.66. The van der Waals surface area contributed by atoms with Gasteiger partial charge < -0.3 is 10.0 Å². The Kier molecular flexibility index (Phi) is 4.08. The molecule has 0 aromatic heterocycles. The Morgan fingerprint density at radius 2 is 2.18 bits per heavy atom. The van der Waals surface area contributed by atoms with Crippen molar-refractivity contribution in [2.75, 3.05) is 13.1 Å². The summed E-state index contributed by atoms with van der Waals surface area (Å²) in [6.45, 7) is 6.79. The van der Waals surface area contributed by atoms with E-state index in [1.165, 1.54) is 32.2 Å². The van der Waals surface area contributed by atoms with Crippen molar-refractivity contribution in [3.63, 3.8) is 0 Å². The van der Waals surface area contributed by atoms with Crippen LogP contribution in [0, 0.1) is 17.8 Å². The predicted molar refractivity (Wildman–Crippen MR) is 67.9 cm³/mol. The van der Waals surface area contributed by atoms with Crippen LogP contribution in [-0.4, -0.2) is 35.1 Å². The molecular weight excluding hydrogens is 214 g/mol. The van der Waals surface area contributed by atoms with Gasteiger partial charge in [-0.2, -0.15) is 0 Å². The summed E-state index contributed by atoms with van der Waals surface area (Å²) >= 11 is 0. The number of likely N-dealkylation sites (tertiary alicyclic amines) is 1. The fourth-order valence-corrected chi connectivity index (χ4v) is 3.44. The van der Waals surface area contributed by atoms with E-state index in [9.17, 15) is 4.79 Å². The third-order valence-corrected chi connectivity index (χ3v) is 4.66. The maximum atomic E-state index is 10.8. The molecule has 1 saturated carbocycles. The molecule has 98 valence electrons. The first kappa shape index (κ1) is 12.9. The van der Waals surface area contributed by atoms with Crippen LogP contribution in [-0.2, 0) is 4.79 Å². The second-order valence-corrected chi connectivity index (χ2v) is 6.20. The van der Waals surface area contributed by atoms with Crippen LogP contribution in [0.25, 0.3) is 0 Å². The summed E-state index contributed by atoms with van der Waals surface area (Å²) in [5, 5.41) is 8.87. The molecule has 1 N–H and O–H groups in total. The average molecular weight is 239 g/mol. The summed E-state index contributed by atoms with van der Waals surface area (Å²) in [7, 11) is 0. The second kappa shape index (κ2) is 5.38. The Labute approximate surface area is 104 Å². The van der Waals surface area contributed by atoms with Crippen molar-refractivity contribution >= 4 is 5.97 Å². The van der Waals surface area contributed by atoms with Crippen molar-refractivity contribution in [2.45, 2.75) is 52.0 Å². The highest BCUT2D eigenvalue weighted by Crippen LogP contribution is 2.35. The number of rotatable bonds is 4. The van der Waals surface area contributed by atoms with Crippen LogP contribution in [0.5, 0.6) is 0 Å². The van der Waals surface area contributed by atoms with E-state index in [0.29, 0.717) is 18.3 Å². The highest BCUT2D eigenvalue weighted by atomic mass is 16.4.